The SMILES string of the molecule is CCN1C=C(N=Nc2ccccc2)C(N)=C(C)C1N. The summed E-state index contributed by atoms with van der Waals surface area (Å²) in [7, 11) is 0. The minimum atomic E-state index is -0.180. The van der Waals surface area contributed by atoms with E-state index in [0.29, 0.717) is 11.4 Å². The van der Waals surface area contributed by atoms with Gasteiger partial charge in [-0.15, -0.1) is 5.11 Å². The van der Waals surface area contributed by atoms with Crippen LogP contribution in [0, 0.1) is 0 Å². The molecule has 100 valence electrons. The van der Waals surface area contributed by atoms with Gasteiger partial charge in [0.25, 0.3) is 0 Å². The molecule has 4 N–H and O–H groups in total. The second kappa shape index (κ2) is 5.67. The summed E-state index contributed by atoms with van der Waals surface area (Å²) >= 11 is 0. The molecule has 19 heavy (non-hydrogen) atoms. The number of benzene rings is 1. The van der Waals surface area contributed by atoms with Gasteiger partial charge in [-0.2, -0.15) is 5.11 Å². The van der Waals surface area contributed by atoms with E-state index in [2.05, 4.69) is 10.2 Å². The summed E-state index contributed by atoms with van der Waals surface area (Å²) < 4.78 is 0. The topological polar surface area (TPSA) is 80.0 Å². The highest BCUT2D eigenvalue weighted by molar-refractivity contribution is 5.39. The molecule has 5 heteroatoms. The van der Waals surface area contributed by atoms with Crippen molar-refractivity contribution in [3.8, 4) is 0 Å². The average molecular weight is 257 g/mol. The molecule has 0 bridgehead atoms. The minimum absolute atomic E-state index is 0.180. The number of nitrogens with two attached hydrogens (primary N) is 2. The van der Waals surface area contributed by atoms with Gasteiger partial charge in [-0.25, -0.2) is 0 Å². The average Bonchev–Trinajstić information content (AvgIpc) is 2.45. The fourth-order valence-corrected chi connectivity index (χ4v) is 1.89. The van der Waals surface area contributed by atoms with Crippen molar-refractivity contribution in [2.45, 2.75) is 20.0 Å². The van der Waals surface area contributed by atoms with Crippen LogP contribution in [0.15, 0.2) is 63.7 Å². The van der Waals surface area contributed by atoms with E-state index in [-0.39, 0.29) is 6.17 Å². The van der Waals surface area contributed by atoms with E-state index in [4.69, 9.17) is 11.5 Å². The predicted molar refractivity (Wildman–Crippen MR) is 76.3 cm³/mol. The molecule has 0 radical (unpaired) electrons. The Labute approximate surface area is 113 Å². The Morgan fingerprint density at radius 3 is 2.53 bits per heavy atom. The highest BCUT2D eigenvalue weighted by atomic mass is 15.2. The maximum absolute atomic E-state index is 6.06. The molecule has 0 aromatic heterocycles. The van der Waals surface area contributed by atoms with E-state index >= 15 is 0 Å². The van der Waals surface area contributed by atoms with Crippen LogP contribution in [0.4, 0.5) is 5.69 Å². The second-order valence-electron chi connectivity index (χ2n) is 4.42. The van der Waals surface area contributed by atoms with E-state index in [0.717, 1.165) is 17.8 Å². The van der Waals surface area contributed by atoms with Gasteiger partial charge >= 0.3 is 0 Å². The largest absolute Gasteiger partial charge is 0.397 e. The smallest absolute Gasteiger partial charge is 0.124 e. The maximum Gasteiger partial charge on any atom is 0.124 e. The molecule has 1 atom stereocenters. The minimum Gasteiger partial charge on any atom is -0.397 e. The van der Waals surface area contributed by atoms with Crippen molar-refractivity contribution >= 4 is 5.69 Å². The third-order valence-electron chi connectivity index (χ3n) is 3.18. The van der Waals surface area contributed by atoms with E-state index < -0.39 is 0 Å². The molecule has 0 fully saturated rings. The van der Waals surface area contributed by atoms with Gasteiger partial charge in [-0.3, -0.25) is 0 Å². The monoisotopic (exact) mass is 257 g/mol. The van der Waals surface area contributed by atoms with Crippen LogP contribution < -0.4 is 11.5 Å². The lowest BCUT2D eigenvalue weighted by Crippen LogP contribution is -2.43. The molecule has 0 aliphatic carbocycles. The molecular formula is C14H19N5. The van der Waals surface area contributed by atoms with Gasteiger partial charge in [0.1, 0.15) is 11.9 Å². The summed E-state index contributed by atoms with van der Waals surface area (Å²) in [5, 5.41) is 8.41. The zero-order valence-electron chi connectivity index (χ0n) is 11.2. The van der Waals surface area contributed by atoms with Gasteiger partial charge in [-0.05, 0) is 31.6 Å². The molecule has 0 spiro atoms. The lowest BCUT2D eigenvalue weighted by molar-refractivity contribution is 0.318. The Morgan fingerprint density at radius 2 is 1.89 bits per heavy atom. The van der Waals surface area contributed by atoms with E-state index in [1.54, 1.807) is 0 Å². The van der Waals surface area contributed by atoms with E-state index in [9.17, 15) is 0 Å². The van der Waals surface area contributed by atoms with Crippen molar-refractivity contribution in [3.05, 3.63) is 53.5 Å². The van der Waals surface area contributed by atoms with Crippen molar-refractivity contribution in [1.29, 1.82) is 0 Å². The number of hydrogen-bond donors (Lipinski definition) is 2. The predicted octanol–water partition coefficient (Wildman–Crippen LogP) is 2.46. The van der Waals surface area contributed by atoms with Crippen LogP contribution in [0.5, 0.6) is 0 Å². The third-order valence-corrected chi connectivity index (χ3v) is 3.18. The van der Waals surface area contributed by atoms with Gasteiger partial charge in [-0.1, -0.05) is 18.2 Å². The Balaban J connectivity index is 2.26. The summed E-state index contributed by atoms with van der Waals surface area (Å²) in [6.07, 6.45) is 1.68. The first-order chi connectivity index (χ1) is 9.13. The normalized spacial score (nSPS) is 20.1. The molecule has 1 aliphatic rings. The van der Waals surface area contributed by atoms with Crippen LogP contribution in [0.3, 0.4) is 0 Å². The number of rotatable bonds is 3. The van der Waals surface area contributed by atoms with E-state index in [1.807, 2.05) is 55.3 Å². The molecule has 0 amide bonds. The van der Waals surface area contributed by atoms with Crippen LogP contribution in [-0.4, -0.2) is 17.6 Å². The van der Waals surface area contributed by atoms with Gasteiger partial charge in [0, 0.05) is 12.7 Å². The molecule has 0 saturated heterocycles. The second-order valence-corrected chi connectivity index (χ2v) is 4.42. The Morgan fingerprint density at radius 1 is 1.21 bits per heavy atom. The molecule has 1 aromatic rings. The van der Waals surface area contributed by atoms with Crippen molar-refractivity contribution in [2.75, 3.05) is 6.54 Å². The summed E-state index contributed by atoms with van der Waals surface area (Å²) in [4.78, 5) is 1.99. The first kappa shape index (κ1) is 13.3. The van der Waals surface area contributed by atoms with Crippen LogP contribution in [0.1, 0.15) is 13.8 Å². The van der Waals surface area contributed by atoms with Crippen LogP contribution in [0.25, 0.3) is 0 Å². The number of nitrogens with zero attached hydrogens (tertiary/aromatic N) is 3. The summed E-state index contributed by atoms with van der Waals surface area (Å²) in [6.45, 7) is 4.76. The number of hydrogen-bond acceptors (Lipinski definition) is 5. The Hall–Kier alpha value is -2.14. The quantitative estimate of drug-likeness (QED) is 0.816. The molecule has 1 aliphatic heterocycles. The number of likely N-dealkylation sites (N-methyl/N-ethyl adjacent to an activating group) is 1. The Kier molecular flexibility index (Phi) is 3.97. The molecule has 2 rings (SSSR count). The lowest BCUT2D eigenvalue weighted by atomic mass is 10.1. The molecule has 5 nitrogen and oxygen atoms in total. The summed E-state index contributed by atoms with van der Waals surface area (Å²) in [5.41, 5.74) is 15.1. The molecule has 1 aromatic carbocycles. The van der Waals surface area contributed by atoms with Crippen molar-refractivity contribution in [3.63, 3.8) is 0 Å². The Bertz CT molecular complexity index is 530. The summed E-state index contributed by atoms with van der Waals surface area (Å²) in [5.74, 6) is 0. The van der Waals surface area contributed by atoms with E-state index in [1.165, 1.54) is 0 Å². The zero-order valence-corrected chi connectivity index (χ0v) is 11.2. The third kappa shape index (κ3) is 2.82. The molecular weight excluding hydrogens is 238 g/mol. The van der Waals surface area contributed by atoms with Crippen molar-refractivity contribution < 1.29 is 0 Å². The van der Waals surface area contributed by atoms with Crippen LogP contribution in [-0.2, 0) is 0 Å². The van der Waals surface area contributed by atoms with Gasteiger partial charge in [0.05, 0.1) is 11.4 Å². The maximum atomic E-state index is 6.06. The fourth-order valence-electron chi connectivity index (χ4n) is 1.89. The molecule has 1 unspecified atom stereocenters. The van der Waals surface area contributed by atoms with Gasteiger partial charge in [0.2, 0.25) is 0 Å². The van der Waals surface area contributed by atoms with Gasteiger partial charge < -0.3 is 16.4 Å². The zero-order chi connectivity index (χ0) is 13.8. The summed E-state index contributed by atoms with van der Waals surface area (Å²) in [6, 6.07) is 9.56. The first-order valence-electron chi connectivity index (χ1n) is 6.30. The van der Waals surface area contributed by atoms with Gasteiger partial charge in [0.15, 0.2) is 0 Å². The lowest BCUT2D eigenvalue weighted by Gasteiger charge is -2.32. The molecule has 0 saturated carbocycles. The highest BCUT2D eigenvalue weighted by Gasteiger charge is 2.21. The van der Waals surface area contributed by atoms with Crippen LogP contribution >= 0.6 is 0 Å². The first-order valence-corrected chi connectivity index (χ1v) is 6.30. The number of azo groups is 1. The van der Waals surface area contributed by atoms with Crippen LogP contribution in [0.2, 0.25) is 0 Å². The van der Waals surface area contributed by atoms with Crippen molar-refractivity contribution in [2.24, 2.45) is 21.7 Å². The highest BCUT2D eigenvalue weighted by Crippen LogP contribution is 2.23. The standard InChI is InChI=1S/C14H19N5/c1-3-19-9-12(13(15)10(2)14(19)16)18-17-11-7-5-4-6-8-11/h4-9,14H,3,15-16H2,1-2H3. The molecule has 1 heterocycles. The fraction of sp³-hybridized carbons (Fsp3) is 0.286. The van der Waals surface area contributed by atoms with Crippen molar-refractivity contribution in [1.82, 2.24) is 4.90 Å².